The van der Waals surface area contributed by atoms with Gasteiger partial charge in [0, 0.05) is 36.1 Å². The van der Waals surface area contributed by atoms with Crippen LogP contribution in [0.2, 0.25) is 0 Å². The van der Waals surface area contributed by atoms with E-state index in [2.05, 4.69) is 27.5 Å². The van der Waals surface area contributed by atoms with Crippen LogP contribution in [0.25, 0.3) is 0 Å². The van der Waals surface area contributed by atoms with Crippen LogP contribution >= 0.6 is 11.3 Å². The maximum absolute atomic E-state index is 13.4. The van der Waals surface area contributed by atoms with Crippen molar-refractivity contribution in [3.05, 3.63) is 51.2 Å². The van der Waals surface area contributed by atoms with Gasteiger partial charge in [0.25, 0.3) is 0 Å². The van der Waals surface area contributed by atoms with Gasteiger partial charge in [-0.15, -0.1) is 11.3 Å². The number of thiazole rings is 1. The molecule has 0 unspecified atom stereocenters. The molecule has 0 spiro atoms. The fourth-order valence-electron chi connectivity index (χ4n) is 2.27. The summed E-state index contributed by atoms with van der Waals surface area (Å²) in [6, 6.07) is 4.69. The molecule has 1 aromatic heterocycles. The SMILES string of the molecule is CCNC(=NCc1ccc(F)c(CO)c1)NCCc1ncc(CC)s1. The summed E-state index contributed by atoms with van der Waals surface area (Å²) in [5.74, 6) is 0.319. The minimum Gasteiger partial charge on any atom is -0.392 e. The highest BCUT2D eigenvalue weighted by molar-refractivity contribution is 7.11. The third kappa shape index (κ3) is 6.10. The molecule has 7 heteroatoms. The van der Waals surface area contributed by atoms with Gasteiger partial charge in [0.15, 0.2) is 5.96 Å². The van der Waals surface area contributed by atoms with Crippen molar-refractivity contribution < 1.29 is 9.50 Å². The Kier molecular flexibility index (Phi) is 7.81. The van der Waals surface area contributed by atoms with Crippen LogP contribution < -0.4 is 10.6 Å². The predicted molar refractivity (Wildman–Crippen MR) is 100 cm³/mol. The lowest BCUT2D eigenvalue weighted by atomic mass is 10.1. The maximum Gasteiger partial charge on any atom is 0.191 e. The second kappa shape index (κ2) is 10.1. The van der Waals surface area contributed by atoms with Crippen molar-refractivity contribution in [2.75, 3.05) is 13.1 Å². The molecule has 0 radical (unpaired) electrons. The molecule has 0 amide bonds. The zero-order chi connectivity index (χ0) is 18.1. The van der Waals surface area contributed by atoms with Crippen LogP contribution in [0.4, 0.5) is 4.39 Å². The number of benzene rings is 1. The summed E-state index contributed by atoms with van der Waals surface area (Å²) < 4.78 is 13.4. The summed E-state index contributed by atoms with van der Waals surface area (Å²) in [4.78, 5) is 10.2. The van der Waals surface area contributed by atoms with Crippen molar-refractivity contribution >= 4 is 17.3 Å². The highest BCUT2D eigenvalue weighted by atomic mass is 32.1. The monoisotopic (exact) mass is 364 g/mol. The van der Waals surface area contributed by atoms with Gasteiger partial charge in [-0.05, 0) is 31.0 Å². The normalized spacial score (nSPS) is 11.6. The van der Waals surface area contributed by atoms with E-state index in [9.17, 15) is 4.39 Å². The van der Waals surface area contributed by atoms with Crippen LogP contribution in [0.3, 0.4) is 0 Å². The predicted octanol–water partition coefficient (Wildman–Crippen LogP) is 2.63. The first kappa shape index (κ1) is 19.3. The summed E-state index contributed by atoms with van der Waals surface area (Å²) in [6.07, 6.45) is 3.80. The highest BCUT2D eigenvalue weighted by Gasteiger charge is 2.04. The molecule has 2 rings (SSSR count). The second-order valence-electron chi connectivity index (χ2n) is 5.53. The van der Waals surface area contributed by atoms with E-state index >= 15 is 0 Å². The average molecular weight is 364 g/mol. The Morgan fingerprint density at radius 2 is 2.16 bits per heavy atom. The van der Waals surface area contributed by atoms with Crippen LogP contribution in [0.5, 0.6) is 0 Å². The van der Waals surface area contributed by atoms with Crippen molar-refractivity contribution in [3.8, 4) is 0 Å². The fraction of sp³-hybridized carbons (Fsp3) is 0.444. The Hall–Kier alpha value is -1.99. The average Bonchev–Trinajstić information content (AvgIpc) is 3.08. The third-order valence-corrected chi connectivity index (χ3v) is 4.83. The Balaban J connectivity index is 1.91. The Morgan fingerprint density at radius 1 is 1.32 bits per heavy atom. The van der Waals surface area contributed by atoms with Crippen LogP contribution in [-0.2, 0) is 26.0 Å². The van der Waals surface area contributed by atoms with E-state index in [1.165, 1.54) is 10.9 Å². The van der Waals surface area contributed by atoms with Gasteiger partial charge in [0.2, 0.25) is 0 Å². The molecule has 1 aromatic carbocycles. The molecule has 0 saturated carbocycles. The molecule has 0 aliphatic heterocycles. The third-order valence-electron chi connectivity index (χ3n) is 3.63. The molecule has 25 heavy (non-hydrogen) atoms. The summed E-state index contributed by atoms with van der Waals surface area (Å²) >= 11 is 1.74. The lowest BCUT2D eigenvalue weighted by Gasteiger charge is -2.11. The van der Waals surface area contributed by atoms with E-state index in [1.807, 2.05) is 13.1 Å². The van der Waals surface area contributed by atoms with Gasteiger partial charge < -0.3 is 15.7 Å². The summed E-state index contributed by atoms with van der Waals surface area (Å²) in [6.45, 7) is 5.74. The molecule has 2 aromatic rings. The van der Waals surface area contributed by atoms with Crippen LogP contribution in [-0.4, -0.2) is 29.1 Å². The van der Waals surface area contributed by atoms with Gasteiger partial charge in [-0.1, -0.05) is 13.0 Å². The summed E-state index contributed by atoms with van der Waals surface area (Å²) in [5, 5.41) is 16.7. The number of aromatic nitrogens is 1. The van der Waals surface area contributed by atoms with Gasteiger partial charge in [-0.2, -0.15) is 0 Å². The molecule has 0 fully saturated rings. The summed E-state index contributed by atoms with van der Waals surface area (Å²) in [7, 11) is 0. The van der Waals surface area contributed by atoms with Crippen molar-refractivity contribution in [1.29, 1.82) is 0 Å². The molecule has 0 bridgehead atoms. The van der Waals surface area contributed by atoms with Gasteiger partial charge in [0.05, 0.1) is 18.2 Å². The fourth-order valence-corrected chi connectivity index (χ4v) is 3.14. The molecular weight excluding hydrogens is 339 g/mol. The van der Waals surface area contributed by atoms with Crippen LogP contribution in [0.1, 0.15) is 34.9 Å². The van der Waals surface area contributed by atoms with Crippen LogP contribution in [0, 0.1) is 5.82 Å². The van der Waals surface area contributed by atoms with Gasteiger partial charge in [-0.3, -0.25) is 0 Å². The highest BCUT2D eigenvalue weighted by Crippen LogP contribution is 2.13. The number of rotatable bonds is 8. The Bertz CT molecular complexity index is 702. The van der Waals surface area contributed by atoms with Gasteiger partial charge in [-0.25, -0.2) is 14.4 Å². The molecule has 3 N–H and O–H groups in total. The number of guanidine groups is 1. The topological polar surface area (TPSA) is 69.5 Å². The number of aliphatic hydroxyl groups is 1. The minimum atomic E-state index is -0.393. The van der Waals surface area contributed by atoms with E-state index < -0.39 is 5.82 Å². The smallest absolute Gasteiger partial charge is 0.191 e. The molecule has 5 nitrogen and oxygen atoms in total. The van der Waals surface area contributed by atoms with E-state index in [-0.39, 0.29) is 6.61 Å². The number of aliphatic imine (C=N–C) groups is 1. The number of nitrogens with zero attached hydrogens (tertiary/aromatic N) is 2. The number of hydrogen-bond acceptors (Lipinski definition) is 4. The quantitative estimate of drug-likeness (QED) is 0.497. The molecule has 136 valence electrons. The zero-order valence-electron chi connectivity index (χ0n) is 14.7. The molecule has 0 aliphatic rings. The molecule has 0 atom stereocenters. The van der Waals surface area contributed by atoms with E-state index in [4.69, 9.17) is 5.11 Å². The number of aliphatic hydroxyl groups excluding tert-OH is 1. The standard InChI is InChI=1S/C18H25FN4OS/c1-3-15-11-22-17(25-15)7-8-21-18(20-4-2)23-10-13-5-6-16(19)14(9-13)12-24/h5-6,9,11,24H,3-4,7-8,10,12H2,1-2H3,(H2,20,21,23). The van der Waals surface area contributed by atoms with E-state index in [0.717, 1.165) is 36.5 Å². The lowest BCUT2D eigenvalue weighted by Crippen LogP contribution is -2.38. The second-order valence-corrected chi connectivity index (χ2v) is 6.73. The van der Waals surface area contributed by atoms with Crippen molar-refractivity contribution in [2.24, 2.45) is 4.99 Å². The van der Waals surface area contributed by atoms with Gasteiger partial charge in [0.1, 0.15) is 5.82 Å². The number of aryl methyl sites for hydroxylation is 1. The van der Waals surface area contributed by atoms with E-state index in [0.29, 0.717) is 18.1 Å². The molecule has 0 aliphatic carbocycles. The molecule has 1 heterocycles. The maximum atomic E-state index is 13.4. The van der Waals surface area contributed by atoms with Crippen molar-refractivity contribution in [1.82, 2.24) is 15.6 Å². The Morgan fingerprint density at radius 3 is 2.84 bits per heavy atom. The Labute approximate surface area is 152 Å². The largest absolute Gasteiger partial charge is 0.392 e. The first-order valence-corrected chi connectivity index (χ1v) is 9.31. The summed E-state index contributed by atoms with van der Waals surface area (Å²) in [5.41, 5.74) is 1.15. The van der Waals surface area contributed by atoms with Crippen LogP contribution in [0.15, 0.2) is 29.4 Å². The number of nitrogens with one attached hydrogen (secondary N) is 2. The van der Waals surface area contributed by atoms with Crippen molar-refractivity contribution in [2.45, 2.75) is 39.8 Å². The minimum absolute atomic E-state index is 0.293. The number of hydrogen-bond donors (Lipinski definition) is 3. The van der Waals surface area contributed by atoms with E-state index in [1.54, 1.807) is 23.5 Å². The van der Waals surface area contributed by atoms with Crippen molar-refractivity contribution in [3.63, 3.8) is 0 Å². The van der Waals surface area contributed by atoms with Gasteiger partial charge >= 0.3 is 0 Å². The molecular formula is C18H25FN4OS. The molecule has 0 saturated heterocycles. The lowest BCUT2D eigenvalue weighted by molar-refractivity contribution is 0.275. The number of halogens is 1. The first-order valence-electron chi connectivity index (χ1n) is 8.50. The first-order chi connectivity index (χ1) is 12.2. The zero-order valence-corrected chi connectivity index (χ0v) is 15.5.